The second kappa shape index (κ2) is 6.42. The van der Waals surface area contributed by atoms with Crippen LogP contribution in [-0.2, 0) is 6.54 Å². The molecule has 2 heterocycles. The summed E-state index contributed by atoms with van der Waals surface area (Å²) in [5, 5.41) is 27.2. The van der Waals surface area contributed by atoms with Crippen molar-refractivity contribution in [2.45, 2.75) is 20.4 Å². The monoisotopic (exact) mass is 323 g/mol. The normalized spacial score (nSPS) is 10.4. The Morgan fingerprint density at radius 2 is 1.96 bits per heavy atom. The van der Waals surface area contributed by atoms with Gasteiger partial charge < -0.3 is 5.32 Å². The average molecular weight is 323 g/mol. The van der Waals surface area contributed by atoms with Gasteiger partial charge in [-0.25, -0.2) is 9.37 Å². The third-order valence-electron chi connectivity index (χ3n) is 3.62. The molecule has 0 aliphatic rings. The molecule has 0 atom stereocenters. The van der Waals surface area contributed by atoms with Crippen LogP contribution >= 0.6 is 0 Å². The summed E-state index contributed by atoms with van der Waals surface area (Å²) in [6.07, 6.45) is 0. The second-order valence-electron chi connectivity index (χ2n) is 5.21. The molecule has 0 unspecified atom stereocenters. The van der Waals surface area contributed by atoms with E-state index in [1.807, 2.05) is 6.92 Å². The van der Waals surface area contributed by atoms with E-state index in [-0.39, 0.29) is 5.82 Å². The van der Waals surface area contributed by atoms with Crippen molar-refractivity contribution in [3.8, 4) is 17.5 Å². The van der Waals surface area contributed by atoms with Crippen molar-refractivity contribution < 1.29 is 4.39 Å². The number of aromatic amines is 1. The zero-order valence-electron chi connectivity index (χ0n) is 13.1. The highest BCUT2D eigenvalue weighted by Crippen LogP contribution is 2.18. The molecule has 0 aliphatic heterocycles. The van der Waals surface area contributed by atoms with Crippen LogP contribution in [0.4, 0.5) is 10.2 Å². The van der Waals surface area contributed by atoms with Crippen LogP contribution in [0.5, 0.6) is 0 Å². The summed E-state index contributed by atoms with van der Waals surface area (Å²) in [4.78, 5) is 4.34. The van der Waals surface area contributed by atoms with E-state index in [2.05, 4.69) is 36.8 Å². The Labute approximate surface area is 137 Å². The van der Waals surface area contributed by atoms with Gasteiger partial charge >= 0.3 is 0 Å². The first-order chi connectivity index (χ1) is 11.6. The Balaban J connectivity index is 1.76. The molecular formula is C16H14FN7. The maximum Gasteiger partial charge on any atom is 0.181 e. The fraction of sp³-hybridized carbons (Fsp3) is 0.188. The average Bonchev–Trinajstić information content (AvgIpc) is 3.05. The molecule has 7 nitrogen and oxygen atoms in total. The van der Waals surface area contributed by atoms with E-state index in [1.165, 1.54) is 12.1 Å². The van der Waals surface area contributed by atoms with Gasteiger partial charge in [0.15, 0.2) is 11.6 Å². The Morgan fingerprint density at radius 1 is 1.21 bits per heavy atom. The van der Waals surface area contributed by atoms with Gasteiger partial charge in [0.2, 0.25) is 0 Å². The Kier molecular flexibility index (Phi) is 4.16. The van der Waals surface area contributed by atoms with E-state index < -0.39 is 0 Å². The summed E-state index contributed by atoms with van der Waals surface area (Å²) >= 11 is 0. The molecule has 0 aliphatic carbocycles. The molecule has 0 fully saturated rings. The Bertz CT molecular complexity index is 909. The highest BCUT2D eigenvalue weighted by Gasteiger charge is 2.12. The molecule has 0 bridgehead atoms. The number of halogens is 1. The Morgan fingerprint density at radius 3 is 2.67 bits per heavy atom. The topological polar surface area (TPSA) is 103 Å². The van der Waals surface area contributed by atoms with Crippen molar-refractivity contribution in [1.82, 2.24) is 25.4 Å². The molecule has 0 saturated carbocycles. The van der Waals surface area contributed by atoms with Gasteiger partial charge in [0.1, 0.15) is 23.3 Å². The van der Waals surface area contributed by atoms with Crippen molar-refractivity contribution in [3.05, 3.63) is 52.7 Å². The van der Waals surface area contributed by atoms with E-state index in [1.54, 1.807) is 19.1 Å². The number of aryl methyl sites for hydroxylation is 1. The van der Waals surface area contributed by atoms with Crippen LogP contribution in [0.1, 0.15) is 22.6 Å². The quantitative estimate of drug-likeness (QED) is 0.764. The summed E-state index contributed by atoms with van der Waals surface area (Å²) in [5.74, 6) is 1.13. The molecule has 3 aromatic rings. The Hall–Kier alpha value is -3.34. The summed E-state index contributed by atoms with van der Waals surface area (Å²) in [6, 6.07) is 8.06. The van der Waals surface area contributed by atoms with E-state index >= 15 is 0 Å². The van der Waals surface area contributed by atoms with E-state index in [4.69, 9.17) is 0 Å². The first kappa shape index (κ1) is 15.6. The van der Waals surface area contributed by atoms with Crippen molar-refractivity contribution >= 4 is 5.82 Å². The number of hydrogen-bond acceptors (Lipinski definition) is 6. The number of rotatable bonds is 4. The zero-order valence-corrected chi connectivity index (χ0v) is 13.1. The zero-order chi connectivity index (χ0) is 17.1. The maximum atomic E-state index is 13.0. The van der Waals surface area contributed by atoms with Crippen molar-refractivity contribution in [2.24, 2.45) is 0 Å². The molecule has 0 amide bonds. The fourth-order valence-corrected chi connectivity index (χ4v) is 2.14. The molecule has 24 heavy (non-hydrogen) atoms. The van der Waals surface area contributed by atoms with Gasteiger partial charge in [-0.1, -0.05) is 0 Å². The molecule has 3 rings (SSSR count). The van der Waals surface area contributed by atoms with Crippen LogP contribution in [0, 0.1) is 31.0 Å². The van der Waals surface area contributed by atoms with Crippen LogP contribution in [-0.4, -0.2) is 25.4 Å². The van der Waals surface area contributed by atoms with Gasteiger partial charge in [-0.3, -0.25) is 5.10 Å². The summed E-state index contributed by atoms with van der Waals surface area (Å²) in [6.45, 7) is 3.94. The number of anilines is 1. The van der Waals surface area contributed by atoms with Crippen LogP contribution in [0.15, 0.2) is 24.3 Å². The molecule has 120 valence electrons. The molecular weight excluding hydrogens is 309 g/mol. The molecule has 0 radical (unpaired) electrons. The second-order valence-corrected chi connectivity index (χ2v) is 5.21. The molecule has 8 heteroatoms. The minimum Gasteiger partial charge on any atom is -0.360 e. The summed E-state index contributed by atoms with van der Waals surface area (Å²) in [5.41, 5.74) is 2.68. The molecule has 0 saturated heterocycles. The van der Waals surface area contributed by atoms with Crippen LogP contribution in [0.3, 0.4) is 0 Å². The highest BCUT2D eigenvalue weighted by atomic mass is 19.1. The lowest BCUT2D eigenvalue weighted by Crippen LogP contribution is -2.08. The van der Waals surface area contributed by atoms with Crippen molar-refractivity contribution in [1.29, 1.82) is 5.26 Å². The number of H-pyrrole nitrogens is 1. The van der Waals surface area contributed by atoms with Crippen LogP contribution in [0.2, 0.25) is 0 Å². The number of nitrogens with one attached hydrogen (secondary N) is 2. The first-order valence-corrected chi connectivity index (χ1v) is 7.23. The highest BCUT2D eigenvalue weighted by molar-refractivity contribution is 5.56. The summed E-state index contributed by atoms with van der Waals surface area (Å²) < 4.78 is 13.0. The van der Waals surface area contributed by atoms with Gasteiger partial charge in [-0.2, -0.15) is 15.5 Å². The predicted molar refractivity (Wildman–Crippen MR) is 85.3 cm³/mol. The predicted octanol–water partition coefficient (Wildman–Crippen LogP) is 2.50. The minimum absolute atomic E-state index is 0.306. The van der Waals surface area contributed by atoms with Gasteiger partial charge in [-0.05, 0) is 43.7 Å². The van der Waals surface area contributed by atoms with Gasteiger partial charge in [0, 0.05) is 5.56 Å². The number of nitrogens with zero attached hydrogens (tertiary/aromatic N) is 5. The lowest BCUT2D eigenvalue weighted by atomic mass is 10.1. The maximum absolute atomic E-state index is 13.0. The molecule has 1 aromatic carbocycles. The number of hydrogen-bond donors (Lipinski definition) is 2. The molecule has 0 spiro atoms. The van der Waals surface area contributed by atoms with Crippen LogP contribution < -0.4 is 5.32 Å². The number of nitriles is 1. The third kappa shape index (κ3) is 3.05. The molecule has 2 N–H and O–H groups in total. The van der Waals surface area contributed by atoms with E-state index in [0.717, 1.165) is 11.3 Å². The van der Waals surface area contributed by atoms with Crippen molar-refractivity contribution in [2.75, 3.05) is 5.32 Å². The first-order valence-electron chi connectivity index (χ1n) is 7.23. The van der Waals surface area contributed by atoms with Gasteiger partial charge in [-0.15, -0.1) is 5.10 Å². The van der Waals surface area contributed by atoms with Gasteiger partial charge in [0.05, 0.1) is 12.2 Å². The third-order valence-corrected chi connectivity index (χ3v) is 3.62. The van der Waals surface area contributed by atoms with Crippen molar-refractivity contribution in [3.63, 3.8) is 0 Å². The largest absolute Gasteiger partial charge is 0.360 e. The van der Waals surface area contributed by atoms with Gasteiger partial charge in [0.25, 0.3) is 0 Å². The fourth-order valence-electron chi connectivity index (χ4n) is 2.14. The lowest BCUT2D eigenvalue weighted by molar-refractivity contribution is 0.628. The number of benzene rings is 1. The minimum atomic E-state index is -0.312. The SMILES string of the molecule is Cc1nnc(NCc2nc(-c3ccc(F)cc3)n[nH]2)c(C#N)c1C. The smallest absolute Gasteiger partial charge is 0.181 e. The summed E-state index contributed by atoms with van der Waals surface area (Å²) in [7, 11) is 0. The standard InChI is InChI=1S/C16H14FN7/c1-9-10(2)21-24-16(13(9)7-18)19-8-14-20-15(23-22-14)11-3-5-12(17)6-4-11/h3-6H,8H2,1-2H3,(H,19,24)(H,20,22,23). The molecule has 2 aromatic heterocycles. The van der Waals surface area contributed by atoms with Crippen LogP contribution in [0.25, 0.3) is 11.4 Å². The van der Waals surface area contributed by atoms with E-state index in [0.29, 0.717) is 35.1 Å². The number of aromatic nitrogens is 5. The lowest BCUT2D eigenvalue weighted by Gasteiger charge is -2.07. The van der Waals surface area contributed by atoms with E-state index in [9.17, 15) is 9.65 Å².